The smallest absolute Gasteiger partial charge is 0.321 e. The van der Waals surface area contributed by atoms with E-state index in [1.54, 1.807) is 0 Å². The molecule has 0 aromatic heterocycles. The molecular formula is C28H56Cl2N10O2. The summed E-state index contributed by atoms with van der Waals surface area (Å²) in [5.41, 5.74) is 11.8. The van der Waals surface area contributed by atoms with Gasteiger partial charge in [0.25, 0.3) is 0 Å². The van der Waals surface area contributed by atoms with Crippen LogP contribution in [0, 0.1) is 11.8 Å². The fraction of sp³-hybridized carbons (Fsp3) is 0.857. The molecule has 0 atom stereocenters. The second-order valence-electron chi connectivity index (χ2n) is 11.6. The molecule has 14 heteroatoms. The molecule has 4 amide bonds. The van der Waals surface area contributed by atoms with Gasteiger partial charge >= 0.3 is 12.1 Å². The van der Waals surface area contributed by atoms with Gasteiger partial charge in [0.1, 0.15) is 0 Å². The Morgan fingerprint density at radius 2 is 0.976 bits per heavy atom. The second-order valence-corrected chi connectivity index (χ2v) is 11.6. The number of nitrogens with zero attached hydrogens (tertiary/aromatic N) is 4. The number of urea groups is 2. The Morgan fingerprint density at radius 1 is 0.619 bits per heavy atom. The van der Waals surface area contributed by atoms with Gasteiger partial charge in [-0.05, 0) is 50.4 Å². The Balaban J connectivity index is 0.00000441. The molecule has 2 aliphatic carbocycles. The molecule has 0 aromatic carbocycles. The number of rotatable bonds is 12. The Hall–Kier alpha value is -2.02. The highest BCUT2D eigenvalue weighted by Gasteiger charge is 2.17. The first-order chi connectivity index (χ1) is 19.5. The van der Waals surface area contributed by atoms with Gasteiger partial charge in [-0.25, -0.2) is 9.59 Å². The lowest BCUT2D eigenvalue weighted by Crippen LogP contribution is -2.47. The number of aliphatic imine (C=N–C) groups is 2. The van der Waals surface area contributed by atoms with Crippen LogP contribution in [0.15, 0.2) is 9.98 Å². The maximum atomic E-state index is 12.0. The first kappa shape index (κ1) is 38.0. The number of hydrogen-bond donors (Lipinski definition) is 6. The van der Waals surface area contributed by atoms with Crippen molar-refractivity contribution in [1.29, 1.82) is 0 Å². The number of halogens is 2. The number of carbonyl (C=O) groups excluding carboxylic acids is 2. The lowest BCUT2D eigenvalue weighted by atomic mass is 9.89. The van der Waals surface area contributed by atoms with Gasteiger partial charge < -0.3 is 31.9 Å². The van der Waals surface area contributed by atoms with Gasteiger partial charge in [-0.3, -0.25) is 20.6 Å². The summed E-state index contributed by atoms with van der Waals surface area (Å²) < 4.78 is 0. The van der Waals surface area contributed by atoms with E-state index in [1.165, 1.54) is 64.2 Å². The molecule has 244 valence electrons. The molecule has 12 nitrogen and oxygen atoms in total. The van der Waals surface area contributed by atoms with Gasteiger partial charge in [0.05, 0.1) is 0 Å². The summed E-state index contributed by atoms with van der Waals surface area (Å²) in [4.78, 5) is 37.5. The van der Waals surface area contributed by atoms with E-state index >= 15 is 0 Å². The van der Waals surface area contributed by atoms with Gasteiger partial charge in [-0.15, -0.1) is 24.8 Å². The highest BCUT2D eigenvalue weighted by Crippen LogP contribution is 2.23. The van der Waals surface area contributed by atoms with E-state index in [0.717, 1.165) is 52.1 Å². The van der Waals surface area contributed by atoms with Crippen molar-refractivity contribution in [2.45, 2.75) is 77.0 Å². The van der Waals surface area contributed by atoms with Gasteiger partial charge in [0.2, 0.25) is 0 Å². The van der Waals surface area contributed by atoms with Crippen molar-refractivity contribution < 1.29 is 9.59 Å². The predicted molar refractivity (Wildman–Crippen MR) is 176 cm³/mol. The van der Waals surface area contributed by atoms with Crippen molar-refractivity contribution >= 4 is 48.8 Å². The zero-order chi connectivity index (χ0) is 28.4. The first-order valence-electron chi connectivity index (χ1n) is 15.6. The average Bonchev–Trinajstić information content (AvgIpc) is 2.97. The molecule has 3 aliphatic rings. The van der Waals surface area contributed by atoms with Gasteiger partial charge in [0.15, 0.2) is 11.9 Å². The molecular weight excluding hydrogens is 579 g/mol. The lowest BCUT2D eigenvalue weighted by Gasteiger charge is -2.34. The Kier molecular flexibility index (Phi) is 20.4. The third-order valence-electron chi connectivity index (χ3n) is 8.33. The largest absolute Gasteiger partial charge is 0.370 e. The number of piperazine rings is 1. The topological polar surface area (TPSA) is 166 Å². The van der Waals surface area contributed by atoms with Crippen molar-refractivity contribution in [2.75, 3.05) is 65.4 Å². The van der Waals surface area contributed by atoms with E-state index in [-0.39, 0.29) is 48.8 Å². The summed E-state index contributed by atoms with van der Waals surface area (Å²) >= 11 is 0. The number of amides is 4. The zero-order valence-corrected chi connectivity index (χ0v) is 26.9. The highest BCUT2D eigenvalue weighted by molar-refractivity contribution is 5.95. The minimum absolute atomic E-state index is 0. The van der Waals surface area contributed by atoms with Crippen LogP contribution in [0.25, 0.3) is 0 Å². The standard InChI is InChI=1S/C28H54N10O2.2ClH/c29-25(35-27(39)33-21-23-9-3-1-4-10-23)31-13-7-15-37-17-19-38(20-18-37)16-8-14-32-26(30)36-28(40)34-22-24-11-5-2-6-12-24;;/h23-24H,1-22H2,(H4,29,31,33,35,39)(H4,30,32,34,36,40);2*1H. The molecule has 1 saturated heterocycles. The quantitative estimate of drug-likeness (QED) is 0.110. The average molecular weight is 636 g/mol. The third kappa shape index (κ3) is 16.6. The number of nitrogens with two attached hydrogens (primary N) is 2. The summed E-state index contributed by atoms with van der Waals surface area (Å²) in [6.07, 6.45) is 14.3. The van der Waals surface area contributed by atoms with Gasteiger partial charge in [-0.1, -0.05) is 38.5 Å². The number of carbonyl (C=O) groups is 2. The molecule has 0 unspecified atom stereocenters. The van der Waals surface area contributed by atoms with E-state index < -0.39 is 0 Å². The van der Waals surface area contributed by atoms with Crippen molar-refractivity contribution in [3.05, 3.63) is 0 Å². The summed E-state index contributed by atoms with van der Waals surface area (Å²) in [7, 11) is 0. The Labute approximate surface area is 264 Å². The van der Waals surface area contributed by atoms with E-state index in [2.05, 4.69) is 41.1 Å². The molecule has 1 heterocycles. The molecule has 0 aromatic rings. The molecule has 0 bridgehead atoms. The van der Waals surface area contributed by atoms with Crippen LogP contribution in [0.1, 0.15) is 77.0 Å². The Morgan fingerprint density at radius 3 is 1.33 bits per heavy atom. The summed E-state index contributed by atoms with van der Waals surface area (Å²) in [6, 6.07) is -0.522. The van der Waals surface area contributed by atoms with Crippen LogP contribution < -0.4 is 32.7 Å². The molecule has 8 N–H and O–H groups in total. The van der Waals surface area contributed by atoms with Crippen molar-refractivity contribution in [3.63, 3.8) is 0 Å². The minimum Gasteiger partial charge on any atom is -0.370 e. The zero-order valence-electron chi connectivity index (χ0n) is 25.3. The van der Waals surface area contributed by atoms with Crippen LogP contribution in [0.3, 0.4) is 0 Å². The molecule has 0 radical (unpaired) electrons. The predicted octanol–water partition coefficient (Wildman–Crippen LogP) is 2.62. The van der Waals surface area contributed by atoms with Crippen LogP contribution >= 0.6 is 24.8 Å². The number of nitrogens with one attached hydrogen (secondary N) is 4. The van der Waals surface area contributed by atoms with Gasteiger partial charge in [-0.2, -0.15) is 0 Å². The highest BCUT2D eigenvalue weighted by atomic mass is 35.5. The fourth-order valence-electron chi connectivity index (χ4n) is 5.88. The first-order valence-corrected chi connectivity index (χ1v) is 15.6. The lowest BCUT2D eigenvalue weighted by molar-refractivity contribution is 0.131. The van der Waals surface area contributed by atoms with Crippen LogP contribution in [0.5, 0.6) is 0 Å². The SMILES string of the molecule is Cl.Cl.NC(=NCCCN1CCN(CCCN=C(N)NC(=O)NCC2CCCCC2)CC1)NC(=O)NCC1CCCCC1. The molecule has 2 saturated carbocycles. The van der Waals surface area contributed by atoms with E-state index in [9.17, 15) is 9.59 Å². The third-order valence-corrected chi connectivity index (χ3v) is 8.33. The normalized spacial score (nSPS) is 19.7. The van der Waals surface area contributed by atoms with Crippen molar-refractivity contribution in [3.8, 4) is 0 Å². The molecule has 42 heavy (non-hydrogen) atoms. The monoisotopic (exact) mass is 634 g/mol. The van der Waals surface area contributed by atoms with E-state index in [4.69, 9.17) is 11.5 Å². The second kappa shape index (κ2) is 22.5. The molecule has 3 fully saturated rings. The Bertz CT molecular complexity index is 747. The maximum Gasteiger partial charge on any atom is 0.321 e. The number of hydrogen-bond acceptors (Lipinski definition) is 6. The summed E-state index contributed by atoms with van der Waals surface area (Å²) in [6.45, 7) is 8.64. The summed E-state index contributed by atoms with van der Waals surface area (Å²) in [5.74, 6) is 1.54. The molecule has 0 spiro atoms. The minimum atomic E-state index is -0.261. The van der Waals surface area contributed by atoms with Crippen molar-refractivity contribution in [1.82, 2.24) is 31.1 Å². The molecule has 1 aliphatic heterocycles. The maximum absolute atomic E-state index is 12.0. The number of guanidine groups is 2. The van der Waals surface area contributed by atoms with Crippen LogP contribution in [-0.2, 0) is 0 Å². The van der Waals surface area contributed by atoms with E-state index in [1.807, 2.05) is 0 Å². The van der Waals surface area contributed by atoms with Gasteiger partial charge in [0, 0.05) is 65.4 Å². The van der Waals surface area contributed by atoms with Crippen molar-refractivity contribution in [2.24, 2.45) is 33.3 Å². The fourth-order valence-corrected chi connectivity index (χ4v) is 5.88. The van der Waals surface area contributed by atoms with Crippen LogP contribution in [0.4, 0.5) is 9.59 Å². The van der Waals surface area contributed by atoms with Crippen LogP contribution in [0.2, 0.25) is 0 Å². The molecule has 3 rings (SSSR count). The van der Waals surface area contributed by atoms with Crippen LogP contribution in [-0.4, -0.2) is 99.2 Å². The summed E-state index contributed by atoms with van der Waals surface area (Å²) in [5, 5.41) is 11.1. The van der Waals surface area contributed by atoms with E-state index in [0.29, 0.717) is 38.0 Å².